The van der Waals surface area contributed by atoms with Gasteiger partial charge in [-0.25, -0.2) is 0 Å². The van der Waals surface area contributed by atoms with Gasteiger partial charge in [-0.15, -0.1) is 0 Å². The topological polar surface area (TPSA) is 62.1 Å². The van der Waals surface area contributed by atoms with Crippen LogP contribution in [0.2, 0.25) is 0 Å². The summed E-state index contributed by atoms with van der Waals surface area (Å²) >= 11 is 0. The van der Waals surface area contributed by atoms with Crippen molar-refractivity contribution < 1.29 is 9.53 Å². The van der Waals surface area contributed by atoms with Gasteiger partial charge in [0.2, 0.25) is 0 Å². The highest BCUT2D eigenvalue weighted by Crippen LogP contribution is 2.11. The fourth-order valence-corrected chi connectivity index (χ4v) is 1.77. The molecule has 0 aliphatic rings. The zero-order valence-corrected chi connectivity index (χ0v) is 11.5. The van der Waals surface area contributed by atoms with E-state index in [4.69, 9.17) is 10.00 Å². The number of amides is 1. The minimum atomic E-state index is -0.107. The summed E-state index contributed by atoms with van der Waals surface area (Å²) in [5, 5.41) is 11.6. The smallest absolute Gasteiger partial charge is 0.258 e. The summed E-state index contributed by atoms with van der Waals surface area (Å²) in [4.78, 5) is 11.7. The molecule has 0 aromatic heterocycles. The molecular weight excluding hydrogens is 240 g/mol. The fraction of sp³-hybridized carbons (Fsp3) is 0.467. The molecule has 0 bridgehead atoms. The standard InChI is InChI=1S/C15H20N2O2/c1-3-5-13(4-2)17-15(18)11-19-14-8-6-12(10-16)7-9-14/h6-9,13H,3-5,11H2,1-2H3,(H,17,18). The van der Waals surface area contributed by atoms with E-state index in [1.807, 2.05) is 6.07 Å². The maximum atomic E-state index is 11.7. The van der Waals surface area contributed by atoms with Crippen molar-refractivity contribution in [1.82, 2.24) is 5.32 Å². The highest BCUT2D eigenvalue weighted by atomic mass is 16.5. The summed E-state index contributed by atoms with van der Waals surface area (Å²) in [6.45, 7) is 4.16. The van der Waals surface area contributed by atoms with Crippen LogP contribution in [0.4, 0.5) is 0 Å². The van der Waals surface area contributed by atoms with E-state index >= 15 is 0 Å². The Morgan fingerprint density at radius 1 is 1.37 bits per heavy atom. The first-order valence-electron chi connectivity index (χ1n) is 6.61. The zero-order chi connectivity index (χ0) is 14.1. The van der Waals surface area contributed by atoms with Crippen molar-refractivity contribution in [2.24, 2.45) is 0 Å². The lowest BCUT2D eigenvalue weighted by Crippen LogP contribution is -2.37. The fourth-order valence-electron chi connectivity index (χ4n) is 1.77. The van der Waals surface area contributed by atoms with Gasteiger partial charge in [0.15, 0.2) is 6.61 Å². The van der Waals surface area contributed by atoms with Crippen LogP contribution < -0.4 is 10.1 Å². The van der Waals surface area contributed by atoms with Gasteiger partial charge in [-0.05, 0) is 37.1 Å². The van der Waals surface area contributed by atoms with E-state index < -0.39 is 0 Å². The Balaban J connectivity index is 2.38. The molecule has 0 radical (unpaired) electrons. The normalized spacial score (nSPS) is 11.4. The zero-order valence-electron chi connectivity index (χ0n) is 11.5. The van der Waals surface area contributed by atoms with Gasteiger partial charge < -0.3 is 10.1 Å². The lowest BCUT2D eigenvalue weighted by Gasteiger charge is -2.16. The Labute approximate surface area is 114 Å². The molecule has 0 heterocycles. The summed E-state index contributed by atoms with van der Waals surface area (Å²) in [5.41, 5.74) is 0.575. The van der Waals surface area contributed by atoms with E-state index in [-0.39, 0.29) is 18.6 Å². The minimum Gasteiger partial charge on any atom is -0.484 e. The van der Waals surface area contributed by atoms with Gasteiger partial charge in [-0.3, -0.25) is 4.79 Å². The van der Waals surface area contributed by atoms with Crippen LogP contribution in [0.3, 0.4) is 0 Å². The molecule has 1 amide bonds. The number of nitrogens with one attached hydrogen (secondary N) is 1. The van der Waals surface area contributed by atoms with Gasteiger partial charge in [-0.2, -0.15) is 5.26 Å². The molecule has 1 unspecified atom stereocenters. The minimum absolute atomic E-state index is 0.00607. The van der Waals surface area contributed by atoms with E-state index in [9.17, 15) is 4.79 Å². The Bertz CT molecular complexity index is 434. The molecular formula is C15H20N2O2. The first-order valence-corrected chi connectivity index (χ1v) is 6.61. The molecule has 0 fully saturated rings. The number of nitrogens with zero attached hydrogens (tertiary/aromatic N) is 1. The maximum Gasteiger partial charge on any atom is 0.258 e. The van der Waals surface area contributed by atoms with Gasteiger partial charge in [0, 0.05) is 6.04 Å². The second-order valence-corrected chi connectivity index (χ2v) is 4.39. The van der Waals surface area contributed by atoms with Gasteiger partial charge in [-0.1, -0.05) is 20.3 Å². The van der Waals surface area contributed by atoms with Crippen LogP contribution in [-0.4, -0.2) is 18.6 Å². The molecule has 1 N–H and O–H groups in total. The Hall–Kier alpha value is -2.02. The molecule has 4 heteroatoms. The van der Waals surface area contributed by atoms with Gasteiger partial charge in [0.25, 0.3) is 5.91 Å². The van der Waals surface area contributed by atoms with Crippen LogP contribution in [0.5, 0.6) is 5.75 Å². The Morgan fingerprint density at radius 2 is 2.05 bits per heavy atom. The van der Waals surface area contributed by atoms with Crippen LogP contribution in [0.15, 0.2) is 24.3 Å². The van der Waals surface area contributed by atoms with Crippen molar-refractivity contribution in [1.29, 1.82) is 5.26 Å². The molecule has 1 aromatic carbocycles. The lowest BCUT2D eigenvalue weighted by molar-refractivity contribution is -0.123. The monoisotopic (exact) mass is 260 g/mol. The molecule has 4 nitrogen and oxygen atoms in total. The van der Waals surface area contributed by atoms with E-state index in [1.54, 1.807) is 24.3 Å². The molecule has 0 spiro atoms. The van der Waals surface area contributed by atoms with Gasteiger partial charge >= 0.3 is 0 Å². The lowest BCUT2D eigenvalue weighted by atomic mass is 10.1. The largest absolute Gasteiger partial charge is 0.484 e. The molecule has 19 heavy (non-hydrogen) atoms. The van der Waals surface area contributed by atoms with Gasteiger partial charge in [0.05, 0.1) is 11.6 Å². The van der Waals surface area contributed by atoms with Crippen LogP contribution >= 0.6 is 0 Å². The average Bonchev–Trinajstić information content (AvgIpc) is 2.45. The molecule has 1 aromatic rings. The number of nitriles is 1. The summed E-state index contributed by atoms with van der Waals surface area (Å²) in [6, 6.07) is 8.97. The van der Waals surface area contributed by atoms with Crippen molar-refractivity contribution in [3.63, 3.8) is 0 Å². The predicted molar refractivity (Wildman–Crippen MR) is 73.8 cm³/mol. The van der Waals surface area contributed by atoms with E-state index in [2.05, 4.69) is 19.2 Å². The highest BCUT2D eigenvalue weighted by molar-refractivity contribution is 5.77. The predicted octanol–water partition coefficient (Wildman–Crippen LogP) is 2.63. The number of hydrogen-bond donors (Lipinski definition) is 1. The van der Waals surface area contributed by atoms with Crippen LogP contribution in [-0.2, 0) is 4.79 Å². The molecule has 0 saturated carbocycles. The maximum absolute atomic E-state index is 11.7. The Kier molecular flexibility index (Phi) is 6.45. The third kappa shape index (κ3) is 5.43. The second-order valence-electron chi connectivity index (χ2n) is 4.39. The van der Waals surface area contributed by atoms with Gasteiger partial charge in [0.1, 0.15) is 5.75 Å². The molecule has 1 atom stereocenters. The van der Waals surface area contributed by atoms with Crippen molar-refractivity contribution in [2.45, 2.75) is 39.2 Å². The van der Waals surface area contributed by atoms with Crippen LogP contribution in [0.1, 0.15) is 38.7 Å². The number of hydrogen-bond acceptors (Lipinski definition) is 3. The van der Waals surface area contributed by atoms with Crippen LogP contribution in [0.25, 0.3) is 0 Å². The van der Waals surface area contributed by atoms with E-state index in [0.29, 0.717) is 11.3 Å². The first-order chi connectivity index (χ1) is 9.19. The average molecular weight is 260 g/mol. The molecule has 102 valence electrons. The van der Waals surface area contributed by atoms with Crippen molar-refractivity contribution >= 4 is 5.91 Å². The highest BCUT2D eigenvalue weighted by Gasteiger charge is 2.09. The molecule has 0 aliphatic carbocycles. The number of carbonyl (C=O) groups is 1. The van der Waals surface area contributed by atoms with E-state index in [0.717, 1.165) is 19.3 Å². The summed E-state index contributed by atoms with van der Waals surface area (Å²) < 4.78 is 5.37. The van der Waals surface area contributed by atoms with Crippen molar-refractivity contribution in [3.05, 3.63) is 29.8 Å². The third-order valence-electron chi connectivity index (χ3n) is 2.85. The summed E-state index contributed by atoms with van der Waals surface area (Å²) in [6.07, 6.45) is 2.96. The first kappa shape index (κ1) is 15.0. The summed E-state index contributed by atoms with van der Waals surface area (Å²) in [7, 11) is 0. The SMILES string of the molecule is CCCC(CC)NC(=O)COc1ccc(C#N)cc1. The van der Waals surface area contributed by atoms with Crippen molar-refractivity contribution in [3.8, 4) is 11.8 Å². The molecule has 0 aliphatic heterocycles. The van der Waals surface area contributed by atoms with Crippen molar-refractivity contribution in [2.75, 3.05) is 6.61 Å². The number of benzene rings is 1. The van der Waals surface area contributed by atoms with Crippen LogP contribution in [0, 0.1) is 11.3 Å². The number of carbonyl (C=O) groups excluding carboxylic acids is 1. The third-order valence-corrected chi connectivity index (χ3v) is 2.85. The molecule has 0 saturated heterocycles. The summed E-state index contributed by atoms with van der Waals surface area (Å²) in [5.74, 6) is 0.488. The Morgan fingerprint density at radius 3 is 2.58 bits per heavy atom. The quantitative estimate of drug-likeness (QED) is 0.819. The van der Waals surface area contributed by atoms with E-state index in [1.165, 1.54) is 0 Å². The number of ether oxygens (including phenoxy) is 1. The number of rotatable bonds is 7. The molecule has 1 rings (SSSR count). The second kappa shape index (κ2) is 8.15.